The second-order valence-corrected chi connectivity index (χ2v) is 7.70. The molecule has 0 spiro atoms. The van der Waals surface area contributed by atoms with Crippen molar-refractivity contribution in [2.45, 2.75) is 0 Å². The summed E-state index contributed by atoms with van der Waals surface area (Å²) < 4.78 is 9.52. The fourth-order valence-corrected chi connectivity index (χ4v) is 3.77. The zero-order valence-corrected chi connectivity index (χ0v) is 19.1. The molecular formula is C26H19ClN2O5. The van der Waals surface area contributed by atoms with Crippen molar-refractivity contribution < 1.29 is 23.9 Å². The number of para-hydroxylation sites is 1. The molecule has 4 aromatic rings. The fourth-order valence-electron chi connectivity index (χ4n) is 3.54. The van der Waals surface area contributed by atoms with Crippen LogP contribution in [0.1, 0.15) is 31.1 Å². The van der Waals surface area contributed by atoms with Gasteiger partial charge >= 0.3 is 11.9 Å². The Kier molecular flexibility index (Phi) is 6.56. The molecule has 0 unspecified atom stereocenters. The highest BCUT2D eigenvalue weighted by Crippen LogP contribution is 2.30. The summed E-state index contributed by atoms with van der Waals surface area (Å²) in [7, 11) is 2.45. The van der Waals surface area contributed by atoms with Crippen LogP contribution >= 0.6 is 11.6 Å². The maximum absolute atomic E-state index is 13.4. The van der Waals surface area contributed by atoms with Gasteiger partial charge < -0.3 is 14.8 Å². The maximum Gasteiger partial charge on any atom is 0.337 e. The molecule has 0 saturated carbocycles. The first-order chi connectivity index (χ1) is 16.4. The number of amides is 1. The quantitative estimate of drug-likeness (QED) is 0.390. The zero-order valence-electron chi connectivity index (χ0n) is 18.3. The number of benzene rings is 3. The molecule has 0 radical (unpaired) electrons. The molecule has 1 heterocycles. The van der Waals surface area contributed by atoms with Crippen LogP contribution in [0.5, 0.6) is 0 Å². The number of hydrogen-bond donors (Lipinski definition) is 1. The van der Waals surface area contributed by atoms with E-state index >= 15 is 0 Å². The number of carbonyl (C=O) groups is 3. The van der Waals surface area contributed by atoms with Gasteiger partial charge in [-0.05, 0) is 36.4 Å². The van der Waals surface area contributed by atoms with Gasteiger partial charge in [-0.25, -0.2) is 14.6 Å². The lowest BCUT2D eigenvalue weighted by Gasteiger charge is -2.13. The molecule has 1 amide bonds. The van der Waals surface area contributed by atoms with Crippen LogP contribution in [-0.2, 0) is 9.47 Å². The Labute approximate surface area is 200 Å². The molecule has 0 fully saturated rings. The molecule has 34 heavy (non-hydrogen) atoms. The molecule has 0 bridgehead atoms. The highest BCUT2D eigenvalue weighted by molar-refractivity contribution is 6.33. The zero-order chi connectivity index (χ0) is 24.2. The molecule has 4 rings (SSSR count). The van der Waals surface area contributed by atoms with Gasteiger partial charge in [0.1, 0.15) is 0 Å². The van der Waals surface area contributed by atoms with Crippen LogP contribution in [0.4, 0.5) is 5.69 Å². The summed E-state index contributed by atoms with van der Waals surface area (Å²) in [6, 6.07) is 20.3. The van der Waals surface area contributed by atoms with Gasteiger partial charge in [-0.3, -0.25) is 4.79 Å². The number of nitrogens with one attached hydrogen (secondary N) is 1. The van der Waals surface area contributed by atoms with Crippen LogP contribution in [0, 0.1) is 0 Å². The molecule has 0 aliphatic rings. The summed E-state index contributed by atoms with van der Waals surface area (Å²) >= 11 is 6.37. The van der Waals surface area contributed by atoms with E-state index in [9.17, 15) is 14.4 Å². The minimum Gasteiger partial charge on any atom is -0.465 e. The summed E-state index contributed by atoms with van der Waals surface area (Å²) in [6.07, 6.45) is 0. The molecule has 0 saturated heterocycles. The summed E-state index contributed by atoms with van der Waals surface area (Å²) in [6.45, 7) is 0. The van der Waals surface area contributed by atoms with E-state index in [0.717, 1.165) is 0 Å². The lowest BCUT2D eigenvalue weighted by atomic mass is 10.0. The number of aromatic nitrogens is 1. The molecule has 0 aliphatic carbocycles. The number of anilines is 1. The van der Waals surface area contributed by atoms with E-state index in [0.29, 0.717) is 32.7 Å². The number of fused-ring (bicyclic) bond motifs is 1. The van der Waals surface area contributed by atoms with Crippen LogP contribution in [-0.4, -0.2) is 37.0 Å². The van der Waals surface area contributed by atoms with Gasteiger partial charge in [0, 0.05) is 21.7 Å². The molecule has 7 nitrogen and oxygen atoms in total. The van der Waals surface area contributed by atoms with Crippen molar-refractivity contribution in [2.75, 3.05) is 19.5 Å². The van der Waals surface area contributed by atoms with Crippen LogP contribution in [0.15, 0.2) is 72.8 Å². The molecule has 0 aliphatic heterocycles. The number of carbonyl (C=O) groups excluding carboxylic acids is 3. The van der Waals surface area contributed by atoms with Crippen molar-refractivity contribution in [3.8, 4) is 11.3 Å². The Morgan fingerprint density at radius 3 is 2.09 bits per heavy atom. The van der Waals surface area contributed by atoms with Crippen molar-refractivity contribution in [2.24, 2.45) is 0 Å². The first-order valence-corrected chi connectivity index (χ1v) is 10.6. The average molecular weight is 475 g/mol. The Hall–Kier alpha value is -4.23. The standard InChI is InChI=1S/C26H19ClN2O5/c1-33-25(31)15-11-16(26(32)34-2)13-17(12-15)28-24(30)20-14-23(19-8-3-5-9-21(19)27)29-22-10-6-4-7-18(20)22/h3-14H,1-2H3,(H,28,30). The molecule has 0 atom stereocenters. The topological polar surface area (TPSA) is 94.6 Å². The van der Waals surface area contributed by atoms with E-state index in [1.54, 1.807) is 24.3 Å². The molecule has 170 valence electrons. The maximum atomic E-state index is 13.4. The van der Waals surface area contributed by atoms with E-state index in [2.05, 4.69) is 10.3 Å². The smallest absolute Gasteiger partial charge is 0.337 e. The lowest BCUT2D eigenvalue weighted by molar-refractivity contribution is 0.0599. The van der Waals surface area contributed by atoms with Gasteiger partial charge in [-0.1, -0.05) is 48.0 Å². The van der Waals surface area contributed by atoms with Gasteiger partial charge in [-0.2, -0.15) is 0 Å². The van der Waals surface area contributed by atoms with E-state index in [4.69, 9.17) is 21.1 Å². The lowest BCUT2D eigenvalue weighted by Crippen LogP contribution is -2.15. The van der Waals surface area contributed by atoms with Gasteiger partial charge in [0.25, 0.3) is 5.91 Å². The van der Waals surface area contributed by atoms with E-state index in [1.807, 2.05) is 30.3 Å². The first-order valence-electron chi connectivity index (χ1n) is 10.2. The fraction of sp³-hybridized carbons (Fsp3) is 0.0769. The summed E-state index contributed by atoms with van der Waals surface area (Å²) in [5, 5.41) is 3.90. The highest BCUT2D eigenvalue weighted by Gasteiger charge is 2.18. The number of methoxy groups -OCH3 is 2. The second kappa shape index (κ2) is 9.72. The van der Waals surface area contributed by atoms with Crippen LogP contribution in [0.25, 0.3) is 22.2 Å². The van der Waals surface area contributed by atoms with E-state index in [-0.39, 0.29) is 16.8 Å². The van der Waals surface area contributed by atoms with Crippen molar-refractivity contribution in [1.82, 2.24) is 4.98 Å². The molecule has 8 heteroatoms. The first kappa shape index (κ1) is 22.9. The van der Waals surface area contributed by atoms with Crippen molar-refractivity contribution in [3.05, 3.63) is 94.5 Å². The number of hydrogen-bond acceptors (Lipinski definition) is 6. The third-order valence-corrected chi connectivity index (χ3v) is 5.47. The minimum atomic E-state index is -0.656. The van der Waals surface area contributed by atoms with E-state index in [1.165, 1.54) is 32.4 Å². The number of pyridine rings is 1. The summed E-state index contributed by atoms with van der Waals surface area (Å²) in [4.78, 5) is 42.2. The largest absolute Gasteiger partial charge is 0.465 e. The van der Waals surface area contributed by atoms with Crippen molar-refractivity contribution >= 4 is 46.0 Å². The predicted octanol–water partition coefficient (Wildman–Crippen LogP) is 5.38. The number of nitrogens with zero attached hydrogens (tertiary/aromatic N) is 1. The monoisotopic (exact) mass is 474 g/mol. The molecule has 3 aromatic carbocycles. The third-order valence-electron chi connectivity index (χ3n) is 5.14. The third kappa shape index (κ3) is 4.60. The van der Waals surface area contributed by atoms with Gasteiger partial charge in [0.05, 0.1) is 42.1 Å². The number of halogens is 1. The Bertz CT molecular complexity index is 1400. The Balaban J connectivity index is 1.80. The van der Waals surface area contributed by atoms with Gasteiger partial charge in [-0.15, -0.1) is 0 Å². The van der Waals surface area contributed by atoms with Crippen molar-refractivity contribution in [3.63, 3.8) is 0 Å². The highest BCUT2D eigenvalue weighted by atomic mass is 35.5. The molecular weight excluding hydrogens is 456 g/mol. The Morgan fingerprint density at radius 1 is 0.824 bits per heavy atom. The van der Waals surface area contributed by atoms with Crippen LogP contribution in [0.2, 0.25) is 5.02 Å². The SMILES string of the molecule is COC(=O)c1cc(NC(=O)c2cc(-c3ccccc3Cl)nc3ccccc23)cc(C(=O)OC)c1. The van der Waals surface area contributed by atoms with Crippen LogP contribution in [0.3, 0.4) is 0 Å². The Morgan fingerprint density at radius 2 is 1.44 bits per heavy atom. The van der Waals surface area contributed by atoms with Gasteiger partial charge in [0.15, 0.2) is 0 Å². The summed E-state index contributed by atoms with van der Waals surface area (Å²) in [5.41, 5.74) is 2.60. The second-order valence-electron chi connectivity index (χ2n) is 7.29. The normalized spacial score (nSPS) is 10.6. The van der Waals surface area contributed by atoms with E-state index < -0.39 is 17.8 Å². The molecule has 1 N–H and O–H groups in total. The number of rotatable bonds is 5. The van der Waals surface area contributed by atoms with Gasteiger partial charge in [0.2, 0.25) is 0 Å². The average Bonchev–Trinajstić information content (AvgIpc) is 2.87. The van der Waals surface area contributed by atoms with Crippen LogP contribution < -0.4 is 5.32 Å². The predicted molar refractivity (Wildman–Crippen MR) is 129 cm³/mol. The number of esters is 2. The summed E-state index contributed by atoms with van der Waals surface area (Å²) in [5.74, 6) is -1.77. The number of ether oxygens (including phenoxy) is 2. The molecule has 1 aromatic heterocycles. The van der Waals surface area contributed by atoms with Crippen molar-refractivity contribution in [1.29, 1.82) is 0 Å². The minimum absolute atomic E-state index is 0.0945.